The molecule has 0 amide bonds. The van der Waals surface area contributed by atoms with Crippen molar-refractivity contribution in [1.29, 1.82) is 0 Å². The summed E-state index contributed by atoms with van der Waals surface area (Å²) in [5.74, 6) is 0.607. The Kier molecular flexibility index (Phi) is 4.01. The lowest BCUT2D eigenvalue weighted by Gasteiger charge is -2.16. The van der Waals surface area contributed by atoms with Crippen molar-refractivity contribution in [3.8, 4) is 17.1 Å². The highest BCUT2D eigenvalue weighted by Crippen LogP contribution is 2.33. The lowest BCUT2D eigenvalue weighted by molar-refractivity contribution is -0.142. The summed E-state index contributed by atoms with van der Waals surface area (Å²) in [5, 5.41) is 10.9. The van der Waals surface area contributed by atoms with E-state index in [1.54, 1.807) is 18.2 Å². The standard InChI is InChI=1S/C12H14F3N5O/c1-7(6-12(13,14)15)20-11(17-18-19-20)9-5-8(16)3-4-10(9)21-2/h3-5,7H,6,16H2,1-2H3. The fourth-order valence-corrected chi connectivity index (χ4v) is 1.99. The molecule has 2 aromatic rings. The monoisotopic (exact) mass is 301 g/mol. The lowest BCUT2D eigenvalue weighted by Crippen LogP contribution is -2.18. The predicted molar refractivity (Wildman–Crippen MR) is 69.6 cm³/mol. The van der Waals surface area contributed by atoms with Crippen LogP contribution < -0.4 is 10.5 Å². The van der Waals surface area contributed by atoms with E-state index in [0.717, 1.165) is 4.68 Å². The molecule has 0 fully saturated rings. The van der Waals surface area contributed by atoms with Gasteiger partial charge in [0.15, 0.2) is 5.82 Å². The highest BCUT2D eigenvalue weighted by Gasteiger charge is 2.32. The van der Waals surface area contributed by atoms with Gasteiger partial charge in [0.2, 0.25) is 0 Å². The van der Waals surface area contributed by atoms with Crippen LogP contribution in [0.15, 0.2) is 18.2 Å². The van der Waals surface area contributed by atoms with E-state index >= 15 is 0 Å². The molecular weight excluding hydrogens is 287 g/mol. The molecule has 0 aliphatic carbocycles. The van der Waals surface area contributed by atoms with Gasteiger partial charge in [-0.25, -0.2) is 4.68 Å². The molecule has 2 rings (SSSR count). The Labute approximate surface area is 118 Å². The van der Waals surface area contributed by atoms with Gasteiger partial charge >= 0.3 is 6.18 Å². The number of methoxy groups -OCH3 is 1. The van der Waals surface area contributed by atoms with E-state index in [0.29, 0.717) is 17.0 Å². The van der Waals surface area contributed by atoms with Gasteiger partial charge in [-0.2, -0.15) is 13.2 Å². The van der Waals surface area contributed by atoms with Crippen LogP contribution in [0.4, 0.5) is 18.9 Å². The molecule has 2 N–H and O–H groups in total. The number of nitrogens with zero attached hydrogens (tertiary/aromatic N) is 4. The Morgan fingerprint density at radius 3 is 2.71 bits per heavy atom. The number of nitrogens with two attached hydrogens (primary N) is 1. The number of hydrogen-bond acceptors (Lipinski definition) is 5. The largest absolute Gasteiger partial charge is 0.496 e. The summed E-state index contributed by atoms with van der Waals surface area (Å²) in [7, 11) is 1.45. The zero-order valence-electron chi connectivity index (χ0n) is 11.4. The van der Waals surface area contributed by atoms with Gasteiger partial charge in [0.25, 0.3) is 0 Å². The Morgan fingerprint density at radius 2 is 2.10 bits per heavy atom. The minimum atomic E-state index is -4.30. The number of anilines is 1. The van der Waals surface area contributed by atoms with Crippen LogP contribution in [0.1, 0.15) is 19.4 Å². The number of tetrazole rings is 1. The van der Waals surface area contributed by atoms with Crippen LogP contribution in [0.3, 0.4) is 0 Å². The second-order valence-corrected chi connectivity index (χ2v) is 4.58. The van der Waals surface area contributed by atoms with Gasteiger partial charge in [-0.1, -0.05) is 0 Å². The summed E-state index contributed by atoms with van der Waals surface area (Å²) in [5.41, 5.74) is 6.58. The second kappa shape index (κ2) is 5.58. The molecule has 0 saturated carbocycles. The maximum atomic E-state index is 12.5. The highest BCUT2D eigenvalue weighted by molar-refractivity contribution is 5.68. The number of ether oxygens (including phenoxy) is 1. The zero-order chi connectivity index (χ0) is 15.6. The molecule has 1 atom stereocenters. The molecule has 0 bridgehead atoms. The molecule has 6 nitrogen and oxygen atoms in total. The van der Waals surface area contributed by atoms with E-state index in [9.17, 15) is 13.2 Å². The molecule has 0 aliphatic rings. The molecular formula is C12H14F3N5O. The van der Waals surface area contributed by atoms with E-state index < -0.39 is 18.6 Å². The van der Waals surface area contributed by atoms with E-state index in [1.165, 1.54) is 14.0 Å². The third-order valence-corrected chi connectivity index (χ3v) is 2.90. The number of rotatable bonds is 4. The summed E-state index contributed by atoms with van der Waals surface area (Å²) >= 11 is 0. The van der Waals surface area contributed by atoms with Crippen LogP contribution in [-0.4, -0.2) is 33.5 Å². The number of halogens is 3. The number of alkyl halides is 3. The van der Waals surface area contributed by atoms with Crippen molar-refractivity contribution < 1.29 is 17.9 Å². The fraction of sp³-hybridized carbons (Fsp3) is 0.417. The number of nitrogen functional groups attached to an aromatic ring is 1. The van der Waals surface area contributed by atoms with Crippen LogP contribution in [0.5, 0.6) is 5.75 Å². The van der Waals surface area contributed by atoms with Gasteiger partial charge in [-0.15, -0.1) is 5.10 Å². The second-order valence-electron chi connectivity index (χ2n) is 4.58. The third-order valence-electron chi connectivity index (χ3n) is 2.90. The first-order chi connectivity index (χ1) is 9.81. The van der Waals surface area contributed by atoms with Crippen molar-refractivity contribution in [1.82, 2.24) is 20.2 Å². The molecule has 0 spiro atoms. The van der Waals surface area contributed by atoms with Crippen LogP contribution in [0, 0.1) is 0 Å². The van der Waals surface area contributed by atoms with Gasteiger partial charge < -0.3 is 10.5 Å². The van der Waals surface area contributed by atoms with E-state index in [4.69, 9.17) is 10.5 Å². The molecule has 1 unspecified atom stereocenters. The molecule has 1 aromatic carbocycles. The van der Waals surface area contributed by atoms with Crippen molar-refractivity contribution in [3.63, 3.8) is 0 Å². The Bertz CT molecular complexity index is 626. The van der Waals surface area contributed by atoms with Crippen LogP contribution in [0.2, 0.25) is 0 Å². The SMILES string of the molecule is COc1ccc(N)cc1-c1nnnn1C(C)CC(F)(F)F. The fourth-order valence-electron chi connectivity index (χ4n) is 1.99. The van der Waals surface area contributed by atoms with E-state index in [2.05, 4.69) is 15.5 Å². The molecule has 1 aromatic heterocycles. The first-order valence-electron chi connectivity index (χ1n) is 6.10. The van der Waals surface area contributed by atoms with Gasteiger partial charge in [0.1, 0.15) is 5.75 Å². The van der Waals surface area contributed by atoms with E-state index in [-0.39, 0.29) is 5.82 Å². The van der Waals surface area contributed by atoms with Gasteiger partial charge in [-0.3, -0.25) is 0 Å². The van der Waals surface area contributed by atoms with Gasteiger partial charge in [0.05, 0.1) is 25.1 Å². The molecule has 9 heteroatoms. The smallest absolute Gasteiger partial charge is 0.391 e. The van der Waals surface area contributed by atoms with Crippen molar-refractivity contribution in [2.24, 2.45) is 0 Å². The Balaban J connectivity index is 2.43. The quantitative estimate of drug-likeness (QED) is 0.877. The zero-order valence-corrected chi connectivity index (χ0v) is 11.4. The first kappa shape index (κ1) is 15.1. The van der Waals surface area contributed by atoms with Crippen LogP contribution >= 0.6 is 0 Å². The van der Waals surface area contributed by atoms with Gasteiger partial charge in [0, 0.05) is 5.69 Å². The average Bonchev–Trinajstić information content (AvgIpc) is 2.85. The summed E-state index contributed by atoms with van der Waals surface area (Å²) in [6.45, 7) is 1.39. The summed E-state index contributed by atoms with van der Waals surface area (Å²) in [4.78, 5) is 0. The maximum absolute atomic E-state index is 12.5. The van der Waals surface area contributed by atoms with Crippen molar-refractivity contribution in [3.05, 3.63) is 18.2 Å². The first-order valence-corrected chi connectivity index (χ1v) is 6.10. The van der Waals surface area contributed by atoms with Crippen molar-refractivity contribution >= 4 is 5.69 Å². The van der Waals surface area contributed by atoms with E-state index in [1.807, 2.05) is 0 Å². The Hall–Kier alpha value is -2.32. The summed E-state index contributed by atoms with van der Waals surface area (Å²) in [6.07, 6.45) is -5.34. The third kappa shape index (κ3) is 3.41. The Morgan fingerprint density at radius 1 is 1.38 bits per heavy atom. The minimum absolute atomic E-state index is 0.177. The predicted octanol–water partition coefficient (Wildman–Crippen LogP) is 2.44. The van der Waals surface area contributed by atoms with Crippen molar-refractivity contribution in [2.45, 2.75) is 25.6 Å². The highest BCUT2D eigenvalue weighted by atomic mass is 19.4. The molecule has 1 heterocycles. The van der Waals surface area contributed by atoms with Crippen molar-refractivity contribution in [2.75, 3.05) is 12.8 Å². The lowest BCUT2D eigenvalue weighted by atomic mass is 10.1. The normalized spacial score (nSPS) is 13.2. The average molecular weight is 301 g/mol. The molecule has 0 radical (unpaired) electrons. The number of aromatic nitrogens is 4. The summed E-state index contributed by atoms with van der Waals surface area (Å²) in [6, 6.07) is 3.84. The van der Waals surface area contributed by atoms with Crippen LogP contribution in [0.25, 0.3) is 11.4 Å². The maximum Gasteiger partial charge on any atom is 0.391 e. The minimum Gasteiger partial charge on any atom is -0.496 e. The topological polar surface area (TPSA) is 78.8 Å². The molecule has 0 saturated heterocycles. The molecule has 21 heavy (non-hydrogen) atoms. The number of benzene rings is 1. The summed E-state index contributed by atoms with van der Waals surface area (Å²) < 4.78 is 43.8. The van der Waals surface area contributed by atoms with Gasteiger partial charge in [-0.05, 0) is 35.5 Å². The molecule has 114 valence electrons. The van der Waals surface area contributed by atoms with Crippen LogP contribution in [-0.2, 0) is 0 Å². The number of hydrogen-bond donors (Lipinski definition) is 1. The molecule has 0 aliphatic heterocycles.